The van der Waals surface area contributed by atoms with Gasteiger partial charge in [0.2, 0.25) is 5.13 Å². The van der Waals surface area contributed by atoms with Gasteiger partial charge in [-0.3, -0.25) is 0 Å². The highest BCUT2D eigenvalue weighted by Crippen LogP contribution is 2.29. The zero-order valence-corrected chi connectivity index (χ0v) is 14.6. The van der Waals surface area contributed by atoms with Crippen LogP contribution in [0.2, 0.25) is 0 Å². The van der Waals surface area contributed by atoms with Gasteiger partial charge in [-0.2, -0.15) is 0 Å². The quantitative estimate of drug-likeness (QED) is 0.868. The van der Waals surface area contributed by atoms with Crippen LogP contribution in [-0.4, -0.2) is 41.4 Å². The Morgan fingerprint density at radius 3 is 2.00 bits per heavy atom. The first-order valence-corrected chi connectivity index (χ1v) is 8.95. The molecule has 0 saturated carbocycles. The van der Waals surface area contributed by atoms with Crippen LogP contribution in [0.4, 0.5) is 10.3 Å². The minimum Gasteiger partial charge on any atom is -0.345 e. The van der Waals surface area contributed by atoms with Crippen LogP contribution in [0.15, 0.2) is 0 Å². The van der Waals surface area contributed by atoms with E-state index in [0.717, 1.165) is 47.1 Å². The van der Waals surface area contributed by atoms with Crippen molar-refractivity contribution in [1.82, 2.24) is 15.2 Å². The van der Waals surface area contributed by atoms with Crippen molar-refractivity contribution in [1.29, 1.82) is 0 Å². The van der Waals surface area contributed by atoms with Crippen molar-refractivity contribution in [2.45, 2.75) is 33.6 Å². The van der Waals surface area contributed by atoms with E-state index in [4.69, 9.17) is 0 Å². The number of thiazole rings is 1. The normalized spacial score (nSPS) is 16.0. The highest BCUT2D eigenvalue weighted by Gasteiger charge is 2.22. The lowest BCUT2D eigenvalue weighted by molar-refractivity contribution is 0.647. The molecule has 2 aromatic rings. The number of aryl methyl sites for hydroxylation is 2. The molecule has 21 heavy (non-hydrogen) atoms. The van der Waals surface area contributed by atoms with Crippen molar-refractivity contribution in [3.63, 3.8) is 0 Å². The zero-order valence-electron chi connectivity index (χ0n) is 13.0. The Kier molecular flexibility index (Phi) is 4.12. The molecule has 3 rings (SSSR count). The fourth-order valence-corrected chi connectivity index (χ4v) is 4.13. The number of hydrogen-bond donors (Lipinski definition) is 0. The Hall–Kier alpha value is -1.21. The van der Waals surface area contributed by atoms with Gasteiger partial charge in [0.15, 0.2) is 5.13 Å². The summed E-state index contributed by atoms with van der Waals surface area (Å²) in [5.41, 5.74) is 1.16. The van der Waals surface area contributed by atoms with Gasteiger partial charge in [0, 0.05) is 37.0 Å². The zero-order chi connectivity index (χ0) is 15.0. The van der Waals surface area contributed by atoms with Gasteiger partial charge in [-0.25, -0.2) is 4.98 Å². The highest BCUT2D eigenvalue weighted by atomic mass is 32.1. The van der Waals surface area contributed by atoms with Crippen LogP contribution in [0.1, 0.15) is 35.3 Å². The molecule has 1 aliphatic heterocycles. The topological polar surface area (TPSA) is 45.2 Å². The second kappa shape index (κ2) is 5.88. The third kappa shape index (κ3) is 3.03. The largest absolute Gasteiger partial charge is 0.345 e. The van der Waals surface area contributed by atoms with E-state index in [2.05, 4.69) is 52.7 Å². The molecule has 0 N–H and O–H groups in total. The van der Waals surface area contributed by atoms with Crippen LogP contribution >= 0.6 is 22.7 Å². The van der Waals surface area contributed by atoms with Crippen LogP contribution in [0.25, 0.3) is 0 Å². The molecule has 1 aliphatic rings. The summed E-state index contributed by atoms with van der Waals surface area (Å²) in [7, 11) is 0. The van der Waals surface area contributed by atoms with Gasteiger partial charge >= 0.3 is 0 Å². The van der Waals surface area contributed by atoms with E-state index in [1.807, 2.05) is 0 Å². The van der Waals surface area contributed by atoms with Gasteiger partial charge in [0.05, 0.1) is 5.69 Å². The third-order valence-corrected chi connectivity index (χ3v) is 6.18. The lowest BCUT2D eigenvalue weighted by Gasteiger charge is -2.34. The molecule has 0 radical (unpaired) electrons. The average molecular weight is 323 g/mol. The first-order chi connectivity index (χ1) is 10.0. The predicted octanol–water partition coefficient (Wildman–Crippen LogP) is 3.06. The minimum absolute atomic E-state index is 0.457. The standard InChI is InChI=1S/C14H21N5S2/c1-9(2)12-16-17-14(21-12)19-7-5-18(6-8-19)13-15-10(3)11(4)20-13/h9H,5-8H2,1-4H3. The van der Waals surface area contributed by atoms with Gasteiger partial charge in [0.25, 0.3) is 0 Å². The van der Waals surface area contributed by atoms with Gasteiger partial charge < -0.3 is 9.80 Å². The second-order valence-electron chi connectivity index (χ2n) is 5.69. The molecule has 3 heterocycles. The van der Waals surface area contributed by atoms with E-state index in [1.54, 1.807) is 22.7 Å². The van der Waals surface area contributed by atoms with E-state index in [1.165, 1.54) is 4.88 Å². The number of hydrogen-bond acceptors (Lipinski definition) is 7. The van der Waals surface area contributed by atoms with Gasteiger partial charge in [0.1, 0.15) is 5.01 Å². The van der Waals surface area contributed by atoms with Crippen molar-refractivity contribution in [3.8, 4) is 0 Å². The van der Waals surface area contributed by atoms with Crippen molar-refractivity contribution in [2.75, 3.05) is 36.0 Å². The lowest BCUT2D eigenvalue weighted by Crippen LogP contribution is -2.46. The highest BCUT2D eigenvalue weighted by molar-refractivity contribution is 7.15. The van der Waals surface area contributed by atoms with Crippen LogP contribution in [0.3, 0.4) is 0 Å². The minimum atomic E-state index is 0.457. The average Bonchev–Trinajstić information content (AvgIpc) is 3.07. The second-order valence-corrected chi connectivity index (χ2v) is 7.86. The smallest absolute Gasteiger partial charge is 0.208 e. The molecule has 114 valence electrons. The monoisotopic (exact) mass is 323 g/mol. The maximum Gasteiger partial charge on any atom is 0.208 e. The number of anilines is 2. The van der Waals surface area contributed by atoms with E-state index in [9.17, 15) is 0 Å². The summed E-state index contributed by atoms with van der Waals surface area (Å²) in [5, 5.41) is 12.0. The fourth-order valence-electron chi connectivity index (χ4n) is 2.27. The molecule has 0 spiro atoms. The Balaban J connectivity index is 1.64. The van der Waals surface area contributed by atoms with Gasteiger partial charge in [-0.1, -0.05) is 25.2 Å². The maximum atomic E-state index is 4.66. The molecule has 0 unspecified atom stereocenters. The predicted molar refractivity (Wildman–Crippen MR) is 90.0 cm³/mol. The molecule has 7 heteroatoms. The Morgan fingerprint density at radius 1 is 0.905 bits per heavy atom. The molecule has 2 aromatic heterocycles. The molecular formula is C14H21N5S2. The third-order valence-electron chi connectivity index (χ3n) is 3.76. The van der Waals surface area contributed by atoms with E-state index < -0.39 is 0 Å². The van der Waals surface area contributed by atoms with Gasteiger partial charge in [-0.05, 0) is 13.8 Å². The van der Waals surface area contributed by atoms with E-state index >= 15 is 0 Å². The van der Waals surface area contributed by atoms with Crippen LogP contribution in [0.5, 0.6) is 0 Å². The molecule has 0 bridgehead atoms. The summed E-state index contributed by atoms with van der Waals surface area (Å²) < 4.78 is 0. The lowest BCUT2D eigenvalue weighted by atomic mass is 10.2. The number of rotatable bonds is 3. The molecule has 5 nitrogen and oxygen atoms in total. The Labute approximate surface area is 133 Å². The van der Waals surface area contributed by atoms with Gasteiger partial charge in [-0.15, -0.1) is 21.5 Å². The SMILES string of the molecule is Cc1nc(N2CCN(c3nnc(C(C)C)s3)CC2)sc1C. The number of piperazine rings is 1. The molecule has 0 aliphatic carbocycles. The van der Waals surface area contributed by atoms with Crippen LogP contribution in [0, 0.1) is 13.8 Å². The maximum absolute atomic E-state index is 4.66. The van der Waals surface area contributed by atoms with E-state index in [-0.39, 0.29) is 0 Å². The summed E-state index contributed by atoms with van der Waals surface area (Å²) in [6.45, 7) is 12.5. The number of nitrogens with zero attached hydrogens (tertiary/aromatic N) is 5. The molecule has 0 aromatic carbocycles. The van der Waals surface area contributed by atoms with Crippen LogP contribution in [-0.2, 0) is 0 Å². The number of aromatic nitrogens is 3. The van der Waals surface area contributed by atoms with Crippen molar-refractivity contribution >= 4 is 32.9 Å². The fraction of sp³-hybridized carbons (Fsp3) is 0.643. The molecule has 1 fully saturated rings. The summed E-state index contributed by atoms with van der Waals surface area (Å²) in [6, 6.07) is 0. The van der Waals surface area contributed by atoms with Crippen LogP contribution < -0.4 is 9.80 Å². The first kappa shape index (κ1) is 14.7. The molecule has 0 atom stereocenters. The summed E-state index contributed by atoms with van der Waals surface area (Å²) in [6.07, 6.45) is 0. The summed E-state index contributed by atoms with van der Waals surface area (Å²) >= 11 is 3.52. The summed E-state index contributed by atoms with van der Waals surface area (Å²) in [5.74, 6) is 0.457. The Bertz CT molecular complexity index is 591. The van der Waals surface area contributed by atoms with Crippen molar-refractivity contribution < 1.29 is 0 Å². The molecule has 1 saturated heterocycles. The summed E-state index contributed by atoms with van der Waals surface area (Å²) in [4.78, 5) is 10.7. The Morgan fingerprint density at radius 2 is 1.52 bits per heavy atom. The van der Waals surface area contributed by atoms with Crippen molar-refractivity contribution in [2.24, 2.45) is 0 Å². The van der Waals surface area contributed by atoms with Crippen molar-refractivity contribution in [3.05, 3.63) is 15.6 Å². The molecular weight excluding hydrogens is 302 g/mol. The first-order valence-electron chi connectivity index (χ1n) is 7.32. The molecule has 0 amide bonds. The van der Waals surface area contributed by atoms with E-state index in [0.29, 0.717) is 5.92 Å².